The Hall–Kier alpha value is -2.30. The highest BCUT2D eigenvalue weighted by Crippen LogP contribution is 2.32. The summed E-state index contributed by atoms with van der Waals surface area (Å²) in [5, 5.41) is 2.91. The van der Waals surface area contributed by atoms with E-state index in [1.54, 1.807) is 0 Å². The van der Waals surface area contributed by atoms with E-state index in [1.165, 1.54) is 12.8 Å². The number of aromatic nitrogens is 2. The van der Waals surface area contributed by atoms with Crippen molar-refractivity contribution in [3.05, 3.63) is 56.3 Å². The standard InChI is InChI=1S/C19H25N3O2/c1-11-7-13(3)21-18(23)16(11)8-20-19(24)17-12(2)9-22(14(17)4)10-15-5-6-15/h7,9,15H,5-6,8,10H2,1-4H3,(H,20,24)(H,21,23). The second-order valence-electron chi connectivity index (χ2n) is 6.99. The number of amides is 1. The van der Waals surface area contributed by atoms with Gasteiger partial charge >= 0.3 is 0 Å². The van der Waals surface area contributed by atoms with Gasteiger partial charge in [-0.3, -0.25) is 9.59 Å². The molecule has 1 saturated carbocycles. The van der Waals surface area contributed by atoms with Crippen LogP contribution in [0.5, 0.6) is 0 Å². The summed E-state index contributed by atoms with van der Waals surface area (Å²) in [5.74, 6) is 0.652. The van der Waals surface area contributed by atoms with Gasteiger partial charge in [0, 0.05) is 36.2 Å². The zero-order chi connectivity index (χ0) is 17.4. The second-order valence-corrected chi connectivity index (χ2v) is 6.99. The third-order valence-electron chi connectivity index (χ3n) is 4.83. The van der Waals surface area contributed by atoms with Crippen LogP contribution >= 0.6 is 0 Å². The Morgan fingerprint density at radius 1 is 1.25 bits per heavy atom. The highest BCUT2D eigenvalue weighted by molar-refractivity contribution is 5.96. The number of hydrogen-bond donors (Lipinski definition) is 2. The van der Waals surface area contributed by atoms with E-state index in [1.807, 2.05) is 33.8 Å². The van der Waals surface area contributed by atoms with E-state index in [-0.39, 0.29) is 18.0 Å². The lowest BCUT2D eigenvalue weighted by atomic mass is 10.1. The first-order valence-corrected chi connectivity index (χ1v) is 8.50. The van der Waals surface area contributed by atoms with Crippen LogP contribution in [0.15, 0.2) is 17.1 Å². The van der Waals surface area contributed by atoms with Gasteiger partial charge < -0.3 is 14.9 Å². The van der Waals surface area contributed by atoms with Gasteiger partial charge in [-0.25, -0.2) is 0 Å². The molecule has 0 atom stereocenters. The number of carbonyl (C=O) groups excluding carboxylic acids is 1. The van der Waals surface area contributed by atoms with E-state index >= 15 is 0 Å². The summed E-state index contributed by atoms with van der Waals surface area (Å²) in [6, 6.07) is 1.92. The molecule has 0 unspecified atom stereocenters. The van der Waals surface area contributed by atoms with E-state index in [9.17, 15) is 9.59 Å². The first kappa shape index (κ1) is 16.6. The molecule has 0 spiro atoms. The SMILES string of the molecule is Cc1cc(C)c(CNC(=O)c2c(C)cn(CC3CC3)c2C)c(=O)[nH]1. The molecule has 2 heterocycles. The summed E-state index contributed by atoms with van der Waals surface area (Å²) in [5.41, 5.74) is 4.94. The molecule has 1 fully saturated rings. The van der Waals surface area contributed by atoms with E-state index in [4.69, 9.17) is 0 Å². The molecule has 0 aromatic carbocycles. The van der Waals surface area contributed by atoms with Crippen molar-refractivity contribution in [2.24, 2.45) is 5.92 Å². The molecule has 128 valence electrons. The maximum atomic E-state index is 12.6. The number of H-pyrrole nitrogens is 1. The van der Waals surface area contributed by atoms with Gasteiger partial charge in [0.15, 0.2) is 0 Å². The van der Waals surface area contributed by atoms with Crippen molar-refractivity contribution in [3.63, 3.8) is 0 Å². The first-order valence-electron chi connectivity index (χ1n) is 8.50. The van der Waals surface area contributed by atoms with E-state index in [0.29, 0.717) is 5.56 Å². The van der Waals surface area contributed by atoms with Crippen molar-refractivity contribution in [2.75, 3.05) is 0 Å². The van der Waals surface area contributed by atoms with Crippen LogP contribution < -0.4 is 10.9 Å². The number of nitrogens with one attached hydrogen (secondary N) is 2. The van der Waals surface area contributed by atoms with Gasteiger partial charge in [0.05, 0.1) is 5.56 Å². The average molecular weight is 327 g/mol. The molecular weight excluding hydrogens is 302 g/mol. The number of rotatable bonds is 5. The van der Waals surface area contributed by atoms with Crippen LogP contribution in [-0.2, 0) is 13.1 Å². The number of carbonyl (C=O) groups is 1. The lowest BCUT2D eigenvalue weighted by Crippen LogP contribution is -2.28. The van der Waals surface area contributed by atoms with Crippen LogP contribution in [0.2, 0.25) is 0 Å². The average Bonchev–Trinajstić information content (AvgIpc) is 3.24. The van der Waals surface area contributed by atoms with Crippen LogP contribution in [0, 0.1) is 33.6 Å². The maximum absolute atomic E-state index is 12.6. The molecule has 5 heteroatoms. The summed E-state index contributed by atoms with van der Waals surface area (Å²) >= 11 is 0. The molecule has 2 N–H and O–H groups in total. The monoisotopic (exact) mass is 327 g/mol. The minimum atomic E-state index is -0.132. The predicted octanol–water partition coefficient (Wildman–Crippen LogP) is 2.75. The normalized spacial score (nSPS) is 14.0. The van der Waals surface area contributed by atoms with Crippen molar-refractivity contribution >= 4 is 5.91 Å². The minimum absolute atomic E-state index is 0.112. The van der Waals surface area contributed by atoms with Gasteiger partial charge in [-0.1, -0.05) is 0 Å². The number of nitrogens with zero attached hydrogens (tertiary/aromatic N) is 1. The summed E-state index contributed by atoms with van der Waals surface area (Å²) in [4.78, 5) is 27.5. The lowest BCUT2D eigenvalue weighted by Gasteiger charge is -2.10. The van der Waals surface area contributed by atoms with Crippen LogP contribution in [-0.4, -0.2) is 15.5 Å². The summed E-state index contributed by atoms with van der Waals surface area (Å²) in [6.45, 7) is 8.95. The van der Waals surface area contributed by atoms with Crippen LogP contribution in [0.3, 0.4) is 0 Å². The van der Waals surface area contributed by atoms with Crippen LogP contribution in [0.4, 0.5) is 0 Å². The molecule has 24 heavy (non-hydrogen) atoms. The molecule has 5 nitrogen and oxygen atoms in total. The molecule has 2 aromatic heterocycles. The van der Waals surface area contributed by atoms with E-state index < -0.39 is 0 Å². The predicted molar refractivity (Wildman–Crippen MR) is 94.3 cm³/mol. The molecule has 3 rings (SSSR count). The van der Waals surface area contributed by atoms with Gasteiger partial charge in [-0.2, -0.15) is 0 Å². The molecular formula is C19H25N3O2. The zero-order valence-electron chi connectivity index (χ0n) is 14.8. The van der Waals surface area contributed by atoms with Crippen LogP contribution in [0.25, 0.3) is 0 Å². The second kappa shape index (κ2) is 6.30. The Morgan fingerprint density at radius 2 is 1.96 bits per heavy atom. The van der Waals surface area contributed by atoms with Crippen molar-refractivity contribution in [1.82, 2.24) is 14.9 Å². The zero-order valence-corrected chi connectivity index (χ0v) is 14.8. The molecule has 0 radical (unpaired) electrons. The van der Waals surface area contributed by atoms with E-state index in [0.717, 1.165) is 40.5 Å². The number of pyridine rings is 1. The fraction of sp³-hybridized carbons (Fsp3) is 0.474. The molecule has 0 aliphatic heterocycles. The van der Waals surface area contributed by atoms with Crippen molar-refractivity contribution in [1.29, 1.82) is 0 Å². The third-order valence-corrected chi connectivity index (χ3v) is 4.83. The van der Waals surface area contributed by atoms with Gasteiger partial charge in [0.1, 0.15) is 0 Å². The Morgan fingerprint density at radius 3 is 2.58 bits per heavy atom. The molecule has 0 bridgehead atoms. The fourth-order valence-corrected chi connectivity index (χ4v) is 3.29. The Bertz CT molecular complexity index is 841. The summed E-state index contributed by atoms with van der Waals surface area (Å²) < 4.78 is 2.19. The largest absolute Gasteiger partial charge is 0.350 e. The molecule has 0 saturated heterocycles. The van der Waals surface area contributed by atoms with E-state index in [2.05, 4.69) is 21.1 Å². The number of hydrogen-bond acceptors (Lipinski definition) is 2. The summed E-state index contributed by atoms with van der Waals surface area (Å²) in [6.07, 6.45) is 4.63. The molecule has 1 aliphatic rings. The van der Waals surface area contributed by atoms with Crippen molar-refractivity contribution in [2.45, 2.75) is 53.6 Å². The Labute approximate surface area is 142 Å². The molecule has 2 aromatic rings. The Balaban J connectivity index is 1.76. The topological polar surface area (TPSA) is 66.9 Å². The number of aryl methyl sites for hydroxylation is 3. The van der Waals surface area contributed by atoms with Crippen molar-refractivity contribution in [3.8, 4) is 0 Å². The minimum Gasteiger partial charge on any atom is -0.350 e. The van der Waals surface area contributed by atoms with Crippen LogP contribution in [0.1, 0.15) is 51.3 Å². The smallest absolute Gasteiger partial charge is 0.253 e. The number of aromatic amines is 1. The van der Waals surface area contributed by atoms with Gasteiger partial charge in [-0.15, -0.1) is 0 Å². The van der Waals surface area contributed by atoms with Crippen molar-refractivity contribution < 1.29 is 4.79 Å². The third kappa shape index (κ3) is 3.30. The molecule has 1 amide bonds. The highest BCUT2D eigenvalue weighted by atomic mass is 16.2. The Kier molecular flexibility index (Phi) is 4.35. The summed E-state index contributed by atoms with van der Waals surface area (Å²) in [7, 11) is 0. The fourth-order valence-electron chi connectivity index (χ4n) is 3.29. The first-order chi connectivity index (χ1) is 11.4. The molecule has 1 aliphatic carbocycles. The maximum Gasteiger partial charge on any atom is 0.253 e. The van der Waals surface area contributed by atoms with Gasteiger partial charge in [-0.05, 0) is 63.6 Å². The highest BCUT2D eigenvalue weighted by Gasteiger charge is 2.24. The quantitative estimate of drug-likeness (QED) is 0.887. The van der Waals surface area contributed by atoms with Gasteiger partial charge in [0.25, 0.3) is 11.5 Å². The van der Waals surface area contributed by atoms with Gasteiger partial charge in [0.2, 0.25) is 0 Å². The lowest BCUT2D eigenvalue weighted by molar-refractivity contribution is 0.0949.